The number of benzene rings is 2. The van der Waals surface area contributed by atoms with E-state index in [0.29, 0.717) is 38.2 Å². The Bertz CT molecular complexity index is 1750. The van der Waals surface area contributed by atoms with Crippen LogP contribution in [0.4, 0.5) is 4.79 Å². The van der Waals surface area contributed by atoms with Gasteiger partial charge >= 0.3 is 6.03 Å². The van der Waals surface area contributed by atoms with E-state index in [1.807, 2.05) is 49.6 Å². The number of carbonyl (C=O) groups excluding carboxylic acids is 2. The standard InChI is InChI=1S/C37H51N7O6S2/c1-3-26(2)35(44-18-17-42(37(44)47)23-30-25-51-34(20-38)40-30)36(46)41-32(19-27-9-5-4-6-10-27)33(45)24-43(22-29-11-7-8-12-29)52(49,50)31-15-13-28(14-16-31)21-39-48/h4-6,9-10,13-16,21,25-26,29,32-33,35,45,48H,3,7-8,11-12,17-20,22-24,38H2,1-2H3,(H,41,46)/t26-,32-,33+,35-/m0/s1. The Morgan fingerprint density at radius 3 is 2.50 bits per heavy atom. The minimum Gasteiger partial charge on any atom is -0.411 e. The summed E-state index contributed by atoms with van der Waals surface area (Å²) in [6, 6.07) is 13.6. The Morgan fingerprint density at radius 2 is 1.87 bits per heavy atom. The highest BCUT2D eigenvalue weighted by molar-refractivity contribution is 7.89. The van der Waals surface area contributed by atoms with E-state index < -0.39 is 34.1 Å². The second kappa shape index (κ2) is 18.2. The maximum absolute atomic E-state index is 14.3. The van der Waals surface area contributed by atoms with Gasteiger partial charge in [0.2, 0.25) is 15.9 Å². The summed E-state index contributed by atoms with van der Waals surface area (Å²) < 4.78 is 29.6. The number of aromatic nitrogens is 1. The van der Waals surface area contributed by atoms with Gasteiger partial charge in [-0.25, -0.2) is 18.2 Å². The lowest BCUT2D eigenvalue weighted by molar-refractivity contribution is -0.128. The highest BCUT2D eigenvalue weighted by Crippen LogP contribution is 2.29. The van der Waals surface area contributed by atoms with Gasteiger partial charge in [0.25, 0.3) is 0 Å². The Labute approximate surface area is 310 Å². The van der Waals surface area contributed by atoms with Crippen molar-refractivity contribution in [3.8, 4) is 0 Å². The average Bonchev–Trinajstić information content (AvgIpc) is 3.91. The molecule has 3 aromatic rings. The Morgan fingerprint density at radius 1 is 1.15 bits per heavy atom. The maximum Gasteiger partial charge on any atom is 0.321 e. The fourth-order valence-corrected chi connectivity index (χ4v) is 9.30. The summed E-state index contributed by atoms with van der Waals surface area (Å²) in [5.41, 5.74) is 7.88. The lowest BCUT2D eigenvalue weighted by atomic mass is 9.95. The number of aliphatic hydroxyl groups excluding tert-OH is 1. The van der Waals surface area contributed by atoms with Gasteiger partial charge in [-0.05, 0) is 54.4 Å². The molecule has 282 valence electrons. The molecule has 1 aliphatic carbocycles. The molecule has 1 saturated carbocycles. The number of rotatable bonds is 18. The van der Waals surface area contributed by atoms with Crippen molar-refractivity contribution in [2.45, 2.75) is 88.5 Å². The van der Waals surface area contributed by atoms with Gasteiger partial charge in [0.1, 0.15) is 11.0 Å². The largest absolute Gasteiger partial charge is 0.411 e. The topological polar surface area (TPSA) is 182 Å². The van der Waals surface area contributed by atoms with Crippen LogP contribution in [0.5, 0.6) is 0 Å². The molecule has 2 aromatic carbocycles. The third kappa shape index (κ3) is 9.75. The molecule has 2 heterocycles. The van der Waals surface area contributed by atoms with Crippen molar-refractivity contribution >= 4 is 39.5 Å². The molecule has 52 heavy (non-hydrogen) atoms. The van der Waals surface area contributed by atoms with Gasteiger partial charge in [-0.1, -0.05) is 80.7 Å². The fraction of sp³-hybridized carbons (Fsp3) is 0.514. The molecule has 0 unspecified atom stereocenters. The van der Waals surface area contributed by atoms with E-state index in [2.05, 4.69) is 15.5 Å². The number of nitrogens with zero attached hydrogens (tertiary/aromatic N) is 5. The molecule has 5 rings (SSSR count). The van der Waals surface area contributed by atoms with Crippen LogP contribution in [0.15, 0.2) is 70.0 Å². The van der Waals surface area contributed by atoms with Crippen molar-refractivity contribution < 1.29 is 28.3 Å². The zero-order chi connectivity index (χ0) is 37.3. The molecule has 2 fully saturated rings. The number of hydrogen-bond donors (Lipinski definition) is 4. The highest BCUT2D eigenvalue weighted by atomic mass is 32.2. The van der Waals surface area contributed by atoms with Crippen LogP contribution in [0.2, 0.25) is 0 Å². The van der Waals surface area contributed by atoms with Crippen LogP contribution in [0.25, 0.3) is 0 Å². The molecule has 1 saturated heterocycles. The first kappa shape index (κ1) is 39.3. The van der Waals surface area contributed by atoms with E-state index in [1.165, 1.54) is 34.0 Å². The van der Waals surface area contributed by atoms with Crippen molar-refractivity contribution in [3.05, 3.63) is 81.8 Å². The number of sulfonamides is 1. The quantitative estimate of drug-likeness (QED) is 0.0854. The summed E-state index contributed by atoms with van der Waals surface area (Å²) in [7, 11) is -4.05. The van der Waals surface area contributed by atoms with Gasteiger partial charge in [0.15, 0.2) is 0 Å². The molecule has 0 radical (unpaired) electrons. The number of hydrogen-bond acceptors (Lipinski definition) is 10. The van der Waals surface area contributed by atoms with Crippen molar-refractivity contribution in [1.82, 2.24) is 24.4 Å². The van der Waals surface area contributed by atoms with Gasteiger partial charge in [0, 0.05) is 38.1 Å². The maximum atomic E-state index is 14.3. The molecule has 1 aromatic heterocycles. The van der Waals surface area contributed by atoms with Gasteiger partial charge in [-0.3, -0.25) is 4.79 Å². The first-order valence-electron chi connectivity index (χ1n) is 18.0. The molecular formula is C37H51N7O6S2. The summed E-state index contributed by atoms with van der Waals surface area (Å²) in [6.45, 7) is 5.35. The third-order valence-corrected chi connectivity index (χ3v) is 12.9. The summed E-state index contributed by atoms with van der Waals surface area (Å²) in [5, 5.41) is 29.6. The zero-order valence-corrected chi connectivity index (χ0v) is 31.5. The number of aliphatic hydroxyl groups is 1. The minimum absolute atomic E-state index is 0.0577. The molecule has 2 aliphatic rings. The number of amides is 3. The van der Waals surface area contributed by atoms with Gasteiger partial charge in [-0.2, -0.15) is 4.31 Å². The number of thiazole rings is 1. The smallest absolute Gasteiger partial charge is 0.321 e. The second-order valence-corrected chi connectivity index (χ2v) is 16.7. The van der Waals surface area contributed by atoms with Crippen LogP contribution in [-0.4, -0.2) is 100 Å². The second-order valence-electron chi connectivity index (χ2n) is 13.8. The van der Waals surface area contributed by atoms with Crippen LogP contribution < -0.4 is 11.1 Å². The predicted octanol–water partition coefficient (Wildman–Crippen LogP) is 4.03. The van der Waals surface area contributed by atoms with Gasteiger partial charge < -0.3 is 31.2 Å². The van der Waals surface area contributed by atoms with Crippen LogP contribution in [0.1, 0.15) is 67.8 Å². The number of oxime groups is 1. The van der Waals surface area contributed by atoms with E-state index >= 15 is 0 Å². The summed E-state index contributed by atoms with van der Waals surface area (Å²) >= 11 is 1.45. The van der Waals surface area contributed by atoms with E-state index in [1.54, 1.807) is 21.9 Å². The van der Waals surface area contributed by atoms with E-state index in [-0.39, 0.29) is 42.3 Å². The van der Waals surface area contributed by atoms with E-state index in [4.69, 9.17) is 10.9 Å². The molecule has 15 heteroatoms. The van der Waals surface area contributed by atoms with Gasteiger partial charge in [0.05, 0.1) is 35.5 Å². The molecule has 3 amide bonds. The predicted molar refractivity (Wildman–Crippen MR) is 200 cm³/mol. The van der Waals surface area contributed by atoms with Crippen molar-refractivity contribution in [1.29, 1.82) is 0 Å². The number of nitrogens with two attached hydrogens (primary N) is 1. The monoisotopic (exact) mass is 753 g/mol. The molecule has 4 atom stereocenters. The van der Waals surface area contributed by atoms with Gasteiger partial charge in [-0.15, -0.1) is 11.3 Å². The van der Waals surface area contributed by atoms with Crippen LogP contribution in [-0.2, 0) is 34.3 Å². The van der Waals surface area contributed by atoms with Crippen LogP contribution >= 0.6 is 11.3 Å². The highest BCUT2D eigenvalue weighted by Gasteiger charge is 2.41. The molecule has 0 spiro atoms. The Hall–Kier alpha value is -3.89. The minimum atomic E-state index is -4.05. The van der Waals surface area contributed by atoms with Crippen molar-refractivity contribution in [3.63, 3.8) is 0 Å². The molecule has 0 bridgehead atoms. The normalized spacial score (nSPS) is 18.0. The first-order chi connectivity index (χ1) is 25.0. The lowest BCUT2D eigenvalue weighted by Crippen LogP contribution is -2.57. The van der Waals surface area contributed by atoms with Crippen LogP contribution in [0.3, 0.4) is 0 Å². The van der Waals surface area contributed by atoms with Crippen molar-refractivity contribution in [2.75, 3.05) is 26.2 Å². The lowest BCUT2D eigenvalue weighted by Gasteiger charge is -2.35. The zero-order valence-electron chi connectivity index (χ0n) is 29.9. The van der Waals surface area contributed by atoms with Crippen LogP contribution in [0, 0.1) is 11.8 Å². The fourth-order valence-electron chi connectivity index (χ4n) is 7.10. The molecule has 13 nitrogen and oxygen atoms in total. The average molecular weight is 754 g/mol. The summed E-state index contributed by atoms with van der Waals surface area (Å²) in [6.07, 6.45) is 4.66. The SMILES string of the molecule is CC[C@H](C)[C@@H](C(=O)N[C@@H](Cc1ccccc1)[C@H](O)CN(CC1CCCC1)S(=O)(=O)c1ccc(C=NO)cc1)N1CCN(Cc2csc(CN)n2)C1=O. The third-order valence-electron chi connectivity index (χ3n) is 10.2. The van der Waals surface area contributed by atoms with E-state index in [0.717, 1.165) is 41.9 Å². The van der Waals surface area contributed by atoms with Crippen molar-refractivity contribution in [2.24, 2.45) is 22.7 Å². The number of carbonyl (C=O) groups is 2. The summed E-state index contributed by atoms with van der Waals surface area (Å²) in [5.74, 6) is -0.440. The number of urea groups is 1. The summed E-state index contributed by atoms with van der Waals surface area (Å²) in [4.78, 5) is 35.9. The van der Waals surface area contributed by atoms with E-state index in [9.17, 15) is 23.1 Å². The molecule has 1 aliphatic heterocycles. The molecular weight excluding hydrogens is 703 g/mol. The Balaban J connectivity index is 1.39. The molecule has 5 N–H and O–H groups in total. The number of nitrogens with one attached hydrogen (secondary N) is 1. The Kier molecular flexibility index (Phi) is 13.8. The first-order valence-corrected chi connectivity index (χ1v) is 20.3.